The smallest absolute Gasteiger partial charge is 0.257 e. The van der Waals surface area contributed by atoms with Gasteiger partial charge in [0, 0.05) is 18.3 Å². The molecule has 2 N–H and O–H groups in total. The molecule has 1 unspecified atom stereocenters. The predicted octanol–water partition coefficient (Wildman–Crippen LogP) is 1.87. The van der Waals surface area contributed by atoms with E-state index in [0.29, 0.717) is 23.6 Å². The topological polar surface area (TPSA) is 99.7 Å². The van der Waals surface area contributed by atoms with Gasteiger partial charge in [-0.3, -0.25) is 9.59 Å². The van der Waals surface area contributed by atoms with Crippen molar-refractivity contribution in [1.29, 1.82) is 0 Å². The van der Waals surface area contributed by atoms with Crippen LogP contribution in [-0.4, -0.2) is 59.4 Å². The van der Waals surface area contributed by atoms with Crippen molar-refractivity contribution in [3.63, 3.8) is 0 Å². The molecular weight excluding hydrogens is 384 g/mol. The summed E-state index contributed by atoms with van der Waals surface area (Å²) in [6.07, 6.45) is 0.905. The summed E-state index contributed by atoms with van der Waals surface area (Å²) >= 11 is 0. The number of amides is 2. The number of carbonyl (C=O) groups is 2. The van der Waals surface area contributed by atoms with Crippen molar-refractivity contribution in [3.05, 3.63) is 66.4 Å². The molecule has 1 aliphatic heterocycles. The Morgan fingerprint density at radius 2 is 1.87 bits per heavy atom. The van der Waals surface area contributed by atoms with Crippen LogP contribution in [0.1, 0.15) is 10.4 Å². The number of methoxy groups -OCH3 is 1. The number of hydrogen-bond acceptors (Lipinski definition) is 5. The largest absolute Gasteiger partial charge is 0.497 e. The second-order valence-electron chi connectivity index (χ2n) is 6.91. The molecule has 8 heteroatoms. The van der Waals surface area contributed by atoms with Crippen LogP contribution in [0.4, 0.5) is 0 Å². The van der Waals surface area contributed by atoms with Crippen LogP contribution in [0.2, 0.25) is 0 Å². The highest BCUT2D eigenvalue weighted by molar-refractivity contribution is 6.00. The van der Waals surface area contributed by atoms with E-state index < -0.39 is 12.0 Å². The van der Waals surface area contributed by atoms with Gasteiger partial charge >= 0.3 is 0 Å². The highest BCUT2D eigenvalue weighted by atomic mass is 16.5. The molecule has 2 heterocycles. The summed E-state index contributed by atoms with van der Waals surface area (Å²) < 4.78 is 12.3. The van der Waals surface area contributed by atoms with E-state index in [1.807, 2.05) is 54.6 Å². The molecule has 1 aromatic heterocycles. The van der Waals surface area contributed by atoms with Gasteiger partial charge in [-0.05, 0) is 36.4 Å². The van der Waals surface area contributed by atoms with Gasteiger partial charge in [-0.2, -0.15) is 5.10 Å². The lowest BCUT2D eigenvalue weighted by Gasteiger charge is -2.31. The van der Waals surface area contributed by atoms with E-state index >= 15 is 0 Å². The van der Waals surface area contributed by atoms with Crippen LogP contribution in [0.5, 0.6) is 5.75 Å². The molecule has 2 aromatic carbocycles. The van der Waals surface area contributed by atoms with Crippen LogP contribution in [-0.2, 0) is 9.53 Å². The summed E-state index contributed by atoms with van der Waals surface area (Å²) in [5.74, 6) is -0.0907. The molecule has 1 saturated heterocycles. The highest BCUT2D eigenvalue weighted by Crippen LogP contribution is 2.27. The fourth-order valence-corrected chi connectivity index (χ4v) is 3.38. The number of nitrogens with two attached hydrogens (primary N) is 1. The van der Waals surface area contributed by atoms with Crippen LogP contribution >= 0.6 is 0 Å². The number of para-hydroxylation sites is 1. The van der Waals surface area contributed by atoms with E-state index in [0.717, 1.165) is 11.3 Å². The van der Waals surface area contributed by atoms with Gasteiger partial charge in [0.05, 0.1) is 31.5 Å². The second kappa shape index (κ2) is 8.38. The van der Waals surface area contributed by atoms with Gasteiger partial charge < -0.3 is 20.1 Å². The van der Waals surface area contributed by atoms with Crippen LogP contribution < -0.4 is 10.5 Å². The first-order valence-corrected chi connectivity index (χ1v) is 9.56. The number of carbonyl (C=O) groups excluding carboxylic acids is 2. The Hall–Kier alpha value is -3.65. The average molecular weight is 406 g/mol. The molecule has 154 valence electrons. The Kier molecular flexibility index (Phi) is 5.49. The minimum absolute atomic E-state index is 0.118. The van der Waals surface area contributed by atoms with Gasteiger partial charge in [0.15, 0.2) is 6.10 Å². The minimum atomic E-state index is -0.809. The fraction of sp³-hybridized carbons (Fsp3) is 0.227. The van der Waals surface area contributed by atoms with Crippen LogP contribution in [0.25, 0.3) is 16.9 Å². The third-order valence-corrected chi connectivity index (χ3v) is 5.00. The lowest BCUT2D eigenvalue weighted by molar-refractivity contribution is -0.133. The first-order chi connectivity index (χ1) is 14.6. The zero-order valence-electron chi connectivity index (χ0n) is 16.5. The normalized spacial score (nSPS) is 16.3. The fourth-order valence-electron chi connectivity index (χ4n) is 3.38. The van der Waals surface area contributed by atoms with Crippen molar-refractivity contribution in [2.24, 2.45) is 5.73 Å². The van der Waals surface area contributed by atoms with E-state index in [4.69, 9.17) is 15.2 Å². The monoisotopic (exact) mass is 406 g/mol. The van der Waals surface area contributed by atoms with E-state index in [1.165, 1.54) is 0 Å². The number of morpholine rings is 1. The molecule has 4 rings (SSSR count). The third kappa shape index (κ3) is 3.90. The SMILES string of the molecule is COc1ccc(-c2nn(-c3ccccc3)cc2C(=O)N2CCOC(C(N)=O)C2)cc1. The highest BCUT2D eigenvalue weighted by Gasteiger charge is 2.30. The Balaban J connectivity index is 1.74. The van der Waals surface area contributed by atoms with Gasteiger partial charge in [-0.15, -0.1) is 0 Å². The molecule has 30 heavy (non-hydrogen) atoms. The molecule has 0 radical (unpaired) electrons. The number of benzene rings is 2. The quantitative estimate of drug-likeness (QED) is 0.697. The van der Waals surface area contributed by atoms with Crippen molar-refractivity contribution in [1.82, 2.24) is 14.7 Å². The number of aromatic nitrogens is 2. The summed E-state index contributed by atoms with van der Waals surface area (Å²) in [7, 11) is 1.60. The number of primary amides is 1. The zero-order valence-corrected chi connectivity index (χ0v) is 16.5. The van der Waals surface area contributed by atoms with Gasteiger partial charge in [0.2, 0.25) is 5.91 Å². The first kappa shape index (κ1) is 19.7. The minimum Gasteiger partial charge on any atom is -0.497 e. The molecule has 1 fully saturated rings. The Bertz CT molecular complexity index is 1050. The summed E-state index contributed by atoms with van der Waals surface area (Å²) in [6.45, 7) is 0.748. The molecular formula is C22H22N4O4. The van der Waals surface area contributed by atoms with E-state index in [-0.39, 0.29) is 19.1 Å². The Morgan fingerprint density at radius 1 is 1.13 bits per heavy atom. The third-order valence-electron chi connectivity index (χ3n) is 5.00. The van der Waals surface area contributed by atoms with Gasteiger partial charge in [0.1, 0.15) is 11.4 Å². The molecule has 0 aliphatic carbocycles. The molecule has 8 nitrogen and oxygen atoms in total. The predicted molar refractivity (Wildman–Crippen MR) is 110 cm³/mol. The average Bonchev–Trinajstić information content (AvgIpc) is 3.25. The molecule has 0 bridgehead atoms. The second-order valence-corrected chi connectivity index (χ2v) is 6.91. The van der Waals surface area contributed by atoms with Crippen LogP contribution in [0, 0.1) is 0 Å². The van der Waals surface area contributed by atoms with E-state index in [9.17, 15) is 9.59 Å². The lowest BCUT2D eigenvalue weighted by atomic mass is 10.1. The van der Waals surface area contributed by atoms with Crippen molar-refractivity contribution in [2.45, 2.75) is 6.10 Å². The zero-order chi connectivity index (χ0) is 21.1. The molecule has 0 spiro atoms. The molecule has 0 saturated carbocycles. The van der Waals surface area contributed by atoms with E-state index in [2.05, 4.69) is 5.10 Å². The number of nitrogens with zero attached hydrogens (tertiary/aromatic N) is 3. The Labute approximate surface area is 173 Å². The van der Waals surface area contributed by atoms with Gasteiger partial charge in [-0.1, -0.05) is 18.2 Å². The van der Waals surface area contributed by atoms with Gasteiger partial charge in [-0.25, -0.2) is 4.68 Å². The summed E-state index contributed by atoms with van der Waals surface area (Å²) in [4.78, 5) is 26.5. The van der Waals surface area contributed by atoms with Crippen molar-refractivity contribution in [2.75, 3.05) is 26.8 Å². The summed E-state index contributed by atoms with van der Waals surface area (Å²) in [6, 6.07) is 16.9. The van der Waals surface area contributed by atoms with Crippen molar-refractivity contribution in [3.8, 4) is 22.7 Å². The molecule has 1 atom stereocenters. The summed E-state index contributed by atoms with van der Waals surface area (Å²) in [5, 5.41) is 4.68. The lowest BCUT2D eigenvalue weighted by Crippen LogP contribution is -2.50. The maximum Gasteiger partial charge on any atom is 0.257 e. The molecule has 3 aromatic rings. The standard InChI is InChI=1S/C22H22N4O4/c1-29-17-9-7-15(8-10-17)20-18(13-26(24-20)16-5-3-2-4-6-16)22(28)25-11-12-30-19(14-25)21(23)27/h2-10,13,19H,11-12,14H2,1H3,(H2,23,27). The van der Waals surface area contributed by atoms with Crippen molar-refractivity contribution < 1.29 is 19.1 Å². The van der Waals surface area contributed by atoms with Crippen LogP contribution in [0.15, 0.2) is 60.8 Å². The summed E-state index contributed by atoms with van der Waals surface area (Å²) in [5.41, 5.74) is 7.98. The molecule has 2 amide bonds. The van der Waals surface area contributed by atoms with Crippen LogP contribution in [0.3, 0.4) is 0 Å². The number of ether oxygens (including phenoxy) is 2. The number of rotatable bonds is 5. The van der Waals surface area contributed by atoms with E-state index in [1.54, 1.807) is 22.9 Å². The maximum atomic E-state index is 13.4. The first-order valence-electron chi connectivity index (χ1n) is 9.56. The van der Waals surface area contributed by atoms with Crippen molar-refractivity contribution >= 4 is 11.8 Å². The Morgan fingerprint density at radius 3 is 2.53 bits per heavy atom. The number of hydrogen-bond donors (Lipinski definition) is 1. The van der Waals surface area contributed by atoms with Gasteiger partial charge in [0.25, 0.3) is 5.91 Å². The molecule has 1 aliphatic rings. The maximum absolute atomic E-state index is 13.4.